The number of nitrogens with one attached hydrogen (secondary N) is 1. The number of piperidine rings is 1. The highest BCUT2D eigenvalue weighted by molar-refractivity contribution is 6.30. The van der Waals surface area contributed by atoms with Gasteiger partial charge in [0, 0.05) is 10.4 Å². The quantitative estimate of drug-likeness (QED) is 0.829. The Morgan fingerprint density at radius 2 is 1.69 bits per heavy atom. The lowest BCUT2D eigenvalue weighted by Crippen LogP contribution is -2.43. The van der Waals surface area contributed by atoms with Gasteiger partial charge in [-0.1, -0.05) is 37.6 Å². The van der Waals surface area contributed by atoms with E-state index in [0.29, 0.717) is 11.3 Å². The highest BCUT2D eigenvalue weighted by Gasteiger charge is 2.36. The molecule has 88 valence electrons. The standard InChI is InChI=1S/C14H20ClN/c1-11(2)14(7-9-16-10-8-14)12-3-5-13(15)6-4-12/h3-6,11,16H,7-10H2,1-2H3. The summed E-state index contributed by atoms with van der Waals surface area (Å²) in [6.07, 6.45) is 2.46. The van der Waals surface area contributed by atoms with Crippen LogP contribution in [0.2, 0.25) is 5.02 Å². The van der Waals surface area contributed by atoms with E-state index >= 15 is 0 Å². The van der Waals surface area contributed by atoms with Crippen molar-refractivity contribution in [3.05, 3.63) is 34.9 Å². The molecule has 1 saturated heterocycles. The first-order chi connectivity index (χ1) is 7.65. The number of benzene rings is 1. The lowest BCUT2D eigenvalue weighted by molar-refractivity contribution is 0.228. The largest absolute Gasteiger partial charge is 0.317 e. The molecule has 1 aliphatic rings. The first kappa shape index (κ1) is 11.9. The van der Waals surface area contributed by atoms with Crippen LogP contribution in [0.15, 0.2) is 24.3 Å². The van der Waals surface area contributed by atoms with Crippen LogP contribution in [0.25, 0.3) is 0 Å². The van der Waals surface area contributed by atoms with Crippen molar-refractivity contribution in [3.8, 4) is 0 Å². The minimum atomic E-state index is 0.343. The van der Waals surface area contributed by atoms with Gasteiger partial charge in [0.25, 0.3) is 0 Å². The van der Waals surface area contributed by atoms with Gasteiger partial charge in [0.15, 0.2) is 0 Å². The van der Waals surface area contributed by atoms with Crippen LogP contribution in [0, 0.1) is 5.92 Å². The molecule has 1 aliphatic heterocycles. The maximum Gasteiger partial charge on any atom is 0.0406 e. The van der Waals surface area contributed by atoms with Gasteiger partial charge in [0.05, 0.1) is 0 Å². The van der Waals surface area contributed by atoms with Crippen LogP contribution < -0.4 is 5.32 Å². The Morgan fingerprint density at radius 1 is 1.12 bits per heavy atom. The molecule has 0 radical (unpaired) electrons. The van der Waals surface area contributed by atoms with Crippen molar-refractivity contribution in [1.82, 2.24) is 5.32 Å². The molecule has 0 bridgehead atoms. The van der Waals surface area contributed by atoms with Gasteiger partial charge < -0.3 is 5.32 Å². The van der Waals surface area contributed by atoms with Gasteiger partial charge in [-0.3, -0.25) is 0 Å². The topological polar surface area (TPSA) is 12.0 Å². The van der Waals surface area contributed by atoms with Crippen LogP contribution in [0.5, 0.6) is 0 Å². The maximum absolute atomic E-state index is 5.96. The molecule has 0 atom stereocenters. The Morgan fingerprint density at radius 3 is 2.19 bits per heavy atom. The molecule has 1 N–H and O–H groups in total. The van der Waals surface area contributed by atoms with Crippen molar-refractivity contribution < 1.29 is 0 Å². The van der Waals surface area contributed by atoms with Gasteiger partial charge in [-0.15, -0.1) is 0 Å². The summed E-state index contributed by atoms with van der Waals surface area (Å²) >= 11 is 5.96. The predicted octanol–water partition coefficient (Wildman–Crippen LogP) is 3.62. The zero-order chi connectivity index (χ0) is 11.6. The summed E-state index contributed by atoms with van der Waals surface area (Å²) in [6, 6.07) is 8.44. The molecule has 2 heteroatoms. The Labute approximate surface area is 103 Å². The van der Waals surface area contributed by atoms with Crippen molar-refractivity contribution in [2.75, 3.05) is 13.1 Å². The molecule has 0 saturated carbocycles. The number of rotatable bonds is 2. The molecule has 1 heterocycles. The molecule has 0 aromatic heterocycles. The van der Waals surface area contributed by atoms with E-state index in [0.717, 1.165) is 18.1 Å². The Balaban J connectivity index is 2.34. The lowest BCUT2D eigenvalue weighted by atomic mass is 9.66. The van der Waals surface area contributed by atoms with E-state index in [2.05, 4.69) is 31.3 Å². The van der Waals surface area contributed by atoms with E-state index < -0.39 is 0 Å². The third-order valence-corrected chi connectivity index (χ3v) is 4.27. The lowest BCUT2D eigenvalue weighted by Gasteiger charge is -2.42. The molecule has 1 aromatic rings. The smallest absolute Gasteiger partial charge is 0.0406 e. The Bertz CT molecular complexity index is 336. The van der Waals surface area contributed by atoms with E-state index in [4.69, 9.17) is 11.6 Å². The minimum absolute atomic E-state index is 0.343. The monoisotopic (exact) mass is 237 g/mol. The van der Waals surface area contributed by atoms with Crippen molar-refractivity contribution in [1.29, 1.82) is 0 Å². The molecule has 1 aromatic carbocycles. The maximum atomic E-state index is 5.96. The highest BCUT2D eigenvalue weighted by Crippen LogP contribution is 2.40. The van der Waals surface area contributed by atoms with Crippen molar-refractivity contribution >= 4 is 11.6 Å². The predicted molar refractivity (Wildman–Crippen MR) is 70.1 cm³/mol. The fraction of sp³-hybridized carbons (Fsp3) is 0.571. The minimum Gasteiger partial charge on any atom is -0.317 e. The van der Waals surface area contributed by atoms with Gasteiger partial charge >= 0.3 is 0 Å². The number of hydrogen-bond acceptors (Lipinski definition) is 1. The zero-order valence-corrected chi connectivity index (χ0v) is 10.8. The molecule has 2 rings (SSSR count). The molecular formula is C14H20ClN. The molecule has 0 amide bonds. The summed E-state index contributed by atoms with van der Waals surface area (Å²) in [7, 11) is 0. The summed E-state index contributed by atoms with van der Waals surface area (Å²) < 4.78 is 0. The summed E-state index contributed by atoms with van der Waals surface area (Å²) in [5, 5.41) is 4.28. The third-order valence-electron chi connectivity index (χ3n) is 4.02. The second kappa shape index (κ2) is 4.77. The number of halogens is 1. The highest BCUT2D eigenvalue weighted by atomic mass is 35.5. The first-order valence-corrected chi connectivity index (χ1v) is 6.50. The second-order valence-electron chi connectivity index (χ2n) is 5.07. The van der Waals surface area contributed by atoms with Crippen LogP contribution in [-0.4, -0.2) is 13.1 Å². The molecule has 0 spiro atoms. The fourth-order valence-corrected chi connectivity index (χ4v) is 2.98. The SMILES string of the molecule is CC(C)C1(c2ccc(Cl)cc2)CCNCC1. The molecule has 16 heavy (non-hydrogen) atoms. The summed E-state index contributed by atoms with van der Waals surface area (Å²) in [6.45, 7) is 6.92. The summed E-state index contributed by atoms with van der Waals surface area (Å²) in [5.74, 6) is 0.677. The molecule has 1 fully saturated rings. The van der Waals surface area contributed by atoms with Crippen molar-refractivity contribution in [2.45, 2.75) is 32.1 Å². The van der Waals surface area contributed by atoms with Crippen LogP contribution in [0.1, 0.15) is 32.3 Å². The van der Waals surface area contributed by atoms with E-state index in [-0.39, 0.29) is 0 Å². The summed E-state index contributed by atoms with van der Waals surface area (Å²) in [4.78, 5) is 0. The second-order valence-corrected chi connectivity index (χ2v) is 5.50. The van der Waals surface area contributed by atoms with Crippen LogP contribution in [0.3, 0.4) is 0 Å². The molecule has 1 nitrogen and oxygen atoms in total. The Hall–Kier alpha value is -0.530. The van der Waals surface area contributed by atoms with Crippen LogP contribution in [-0.2, 0) is 5.41 Å². The molecule has 0 unspecified atom stereocenters. The summed E-state index contributed by atoms with van der Waals surface area (Å²) in [5.41, 5.74) is 1.80. The van der Waals surface area contributed by atoms with E-state index in [1.54, 1.807) is 0 Å². The van der Waals surface area contributed by atoms with Gasteiger partial charge in [-0.25, -0.2) is 0 Å². The van der Waals surface area contributed by atoms with Crippen LogP contribution >= 0.6 is 11.6 Å². The van der Waals surface area contributed by atoms with Crippen LogP contribution in [0.4, 0.5) is 0 Å². The van der Waals surface area contributed by atoms with Gasteiger partial charge in [-0.05, 0) is 49.5 Å². The average molecular weight is 238 g/mol. The fourth-order valence-electron chi connectivity index (χ4n) is 2.85. The zero-order valence-electron chi connectivity index (χ0n) is 10.1. The van der Waals surface area contributed by atoms with E-state index in [1.807, 2.05) is 12.1 Å². The molecule has 0 aliphatic carbocycles. The van der Waals surface area contributed by atoms with Crippen molar-refractivity contribution in [3.63, 3.8) is 0 Å². The van der Waals surface area contributed by atoms with E-state index in [1.165, 1.54) is 18.4 Å². The normalized spacial score (nSPS) is 20.0. The first-order valence-electron chi connectivity index (χ1n) is 6.12. The van der Waals surface area contributed by atoms with E-state index in [9.17, 15) is 0 Å². The van der Waals surface area contributed by atoms with Gasteiger partial charge in [0.1, 0.15) is 0 Å². The number of hydrogen-bond donors (Lipinski definition) is 1. The third kappa shape index (κ3) is 2.11. The average Bonchev–Trinajstić information content (AvgIpc) is 2.30. The van der Waals surface area contributed by atoms with Gasteiger partial charge in [0.2, 0.25) is 0 Å². The Kier molecular flexibility index (Phi) is 3.56. The molecular weight excluding hydrogens is 218 g/mol. The van der Waals surface area contributed by atoms with Crippen molar-refractivity contribution in [2.24, 2.45) is 5.92 Å². The van der Waals surface area contributed by atoms with Gasteiger partial charge in [-0.2, -0.15) is 0 Å².